The molecule has 6 nitrogen and oxygen atoms in total. The van der Waals surface area contributed by atoms with Crippen molar-refractivity contribution in [1.29, 1.82) is 0 Å². The highest BCUT2D eigenvalue weighted by Gasteiger charge is 2.13. The third-order valence-corrected chi connectivity index (χ3v) is 4.30. The summed E-state index contributed by atoms with van der Waals surface area (Å²) >= 11 is 0. The number of anilines is 2. The van der Waals surface area contributed by atoms with Crippen molar-refractivity contribution in [2.75, 3.05) is 5.32 Å². The van der Waals surface area contributed by atoms with Crippen molar-refractivity contribution in [3.63, 3.8) is 0 Å². The molecule has 2 N–H and O–H groups in total. The van der Waals surface area contributed by atoms with Crippen LogP contribution in [0.4, 0.5) is 11.5 Å². The van der Waals surface area contributed by atoms with Gasteiger partial charge in [-0.3, -0.25) is 4.57 Å². The minimum absolute atomic E-state index is 0.0747. The number of fused-ring (bicyclic) bond motifs is 2. The van der Waals surface area contributed by atoms with E-state index < -0.39 is 0 Å². The number of benzene rings is 2. The van der Waals surface area contributed by atoms with Gasteiger partial charge in [-0.2, -0.15) is 0 Å². The molecule has 0 saturated carbocycles. The van der Waals surface area contributed by atoms with Crippen LogP contribution in [0.15, 0.2) is 47.5 Å². The molecule has 2 aromatic carbocycles. The molecule has 2 heterocycles. The van der Waals surface area contributed by atoms with Gasteiger partial charge in [-0.25, -0.2) is 14.8 Å². The van der Waals surface area contributed by atoms with Gasteiger partial charge in [0.05, 0.1) is 16.6 Å². The van der Waals surface area contributed by atoms with Crippen LogP contribution >= 0.6 is 0 Å². The molecule has 0 radical (unpaired) electrons. The first-order chi connectivity index (χ1) is 12.0. The Kier molecular flexibility index (Phi) is 3.53. The van der Waals surface area contributed by atoms with E-state index in [0.29, 0.717) is 5.82 Å². The van der Waals surface area contributed by atoms with Crippen molar-refractivity contribution in [3.05, 3.63) is 58.8 Å². The van der Waals surface area contributed by atoms with Crippen LogP contribution in [0.25, 0.3) is 21.9 Å². The molecule has 0 aliphatic carbocycles. The average Bonchev–Trinajstić information content (AvgIpc) is 2.90. The van der Waals surface area contributed by atoms with Gasteiger partial charge in [-0.1, -0.05) is 17.7 Å². The molecule has 6 heteroatoms. The Morgan fingerprint density at radius 2 is 1.88 bits per heavy atom. The molecule has 4 aromatic rings. The summed E-state index contributed by atoms with van der Waals surface area (Å²) in [4.78, 5) is 23.9. The molecule has 0 aliphatic heterocycles. The number of H-pyrrole nitrogens is 1. The molecule has 0 unspecified atom stereocenters. The zero-order chi connectivity index (χ0) is 17.6. The van der Waals surface area contributed by atoms with E-state index in [1.165, 1.54) is 11.9 Å². The summed E-state index contributed by atoms with van der Waals surface area (Å²) in [5, 5.41) is 4.20. The van der Waals surface area contributed by atoms with E-state index >= 15 is 0 Å². The van der Waals surface area contributed by atoms with Gasteiger partial charge in [-0.05, 0) is 45.0 Å². The Hall–Kier alpha value is -3.15. The zero-order valence-corrected chi connectivity index (χ0v) is 14.4. The molecule has 0 spiro atoms. The van der Waals surface area contributed by atoms with E-state index in [9.17, 15) is 4.79 Å². The maximum atomic E-state index is 12.2. The minimum atomic E-state index is -0.110. The second-order valence-corrected chi connectivity index (χ2v) is 6.49. The number of aromatic amines is 1. The Balaban J connectivity index is 1.89. The van der Waals surface area contributed by atoms with Gasteiger partial charge in [0.15, 0.2) is 0 Å². The molecular weight excluding hydrogens is 314 g/mol. The molecule has 2 aromatic heterocycles. The fraction of sp³-hybridized carbons (Fsp3) is 0.211. The lowest BCUT2D eigenvalue weighted by atomic mass is 10.2. The number of imidazole rings is 1. The standard InChI is InChI=1S/C19H19N5O/c1-11(2)24-17-9-15-14(8-16(17)23-19(24)25)18(21-10-20-15)22-13-6-4-12(3)5-7-13/h4-11H,1-3H3,(H,23,25)(H,20,21,22). The Bertz CT molecular complexity index is 1120. The maximum absolute atomic E-state index is 12.2. The zero-order valence-electron chi connectivity index (χ0n) is 14.4. The number of hydrogen-bond acceptors (Lipinski definition) is 4. The third-order valence-electron chi connectivity index (χ3n) is 4.30. The van der Waals surface area contributed by atoms with Gasteiger partial charge in [0, 0.05) is 17.1 Å². The summed E-state index contributed by atoms with van der Waals surface area (Å²) in [6, 6.07) is 12.1. The maximum Gasteiger partial charge on any atom is 0.326 e. The first kappa shape index (κ1) is 15.4. The van der Waals surface area contributed by atoms with Gasteiger partial charge in [-0.15, -0.1) is 0 Å². The van der Waals surface area contributed by atoms with Gasteiger partial charge in [0.2, 0.25) is 0 Å². The van der Waals surface area contributed by atoms with Crippen LogP contribution in [0.2, 0.25) is 0 Å². The summed E-state index contributed by atoms with van der Waals surface area (Å²) in [6.45, 7) is 6.03. The topological polar surface area (TPSA) is 75.6 Å². The average molecular weight is 333 g/mol. The van der Waals surface area contributed by atoms with Crippen molar-refractivity contribution in [2.24, 2.45) is 0 Å². The molecule has 0 aliphatic rings. The van der Waals surface area contributed by atoms with Gasteiger partial charge < -0.3 is 10.3 Å². The molecule has 0 bridgehead atoms. The molecular formula is C19H19N5O. The lowest BCUT2D eigenvalue weighted by Gasteiger charge is -2.10. The van der Waals surface area contributed by atoms with E-state index in [1.807, 2.05) is 50.2 Å². The van der Waals surface area contributed by atoms with E-state index in [0.717, 1.165) is 27.6 Å². The third kappa shape index (κ3) is 2.65. The fourth-order valence-electron chi connectivity index (χ4n) is 3.06. The molecule has 0 amide bonds. The smallest absolute Gasteiger partial charge is 0.326 e. The van der Waals surface area contributed by atoms with Gasteiger partial charge in [0.25, 0.3) is 0 Å². The van der Waals surface area contributed by atoms with E-state index in [2.05, 4.69) is 27.2 Å². The normalized spacial score (nSPS) is 11.5. The Morgan fingerprint density at radius 3 is 2.60 bits per heavy atom. The lowest BCUT2D eigenvalue weighted by molar-refractivity contribution is 0.598. The quantitative estimate of drug-likeness (QED) is 0.596. The van der Waals surface area contributed by atoms with Crippen LogP contribution in [-0.2, 0) is 0 Å². The predicted molar refractivity (Wildman–Crippen MR) is 101 cm³/mol. The van der Waals surface area contributed by atoms with Crippen molar-refractivity contribution in [2.45, 2.75) is 26.8 Å². The second kappa shape index (κ2) is 5.73. The summed E-state index contributed by atoms with van der Waals surface area (Å²) in [5.74, 6) is 0.717. The second-order valence-electron chi connectivity index (χ2n) is 6.49. The number of hydrogen-bond donors (Lipinski definition) is 2. The first-order valence-electron chi connectivity index (χ1n) is 8.25. The predicted octanol–water partition coefficient (Wildman–Crippen LogP) is 3.91. The number of nitrogens with zero attached hydrogens (tertiary/aromatic N) is 3. The Labute approximate surface area is 144 Å². The van der Waals surface area contributed by atoms with Crippen molar-refractivity contribution in [3.8, 4) is 0 Å². The van der Waals surface area contributed by atoms with Crippen molar-refractivity contribution in [1.82, 2.24) is 19.5 Å². The molecule has 0 atom stereocenters. The number of aryl methyl sites for hydroxylation is 1. The summed E-state index contributed by atoms with van der Waals surface area (Å²) < 4.78 is 1.74. The minimum Gasteiger partial charge on any atom is -0.340 e. The highest BCUT2D eigenvalue weighted by atomic mass is 16.1. The largest absolute Gasteiger partial charge is 0.340 e. The summed E-state index contributed by atoms with van der Waals surface area (Å²) in [7, 11) is 0. The van der Waals surface area contributed by atoms with E-state index in [-0.39, 0.29) is 11.7 Å². The monoisotopic (exact) mass is 333 g/mol. The van der Waals surface area contributed by atoms with Crippen LogP contribution in [0.5, 0.6) is 0 Å². The van der Waals surface area contributed by atoms with Crippen LogP contribution in [0.3, 0.4) is 0 Å². The molecule has 126 valence electrons. The number of aromatic nitrogens is 4. The SMILES string of the molecule is Cc1ccc(Nc2ncnc3cc4c(cc23)[nH]c(=O)n4C(C)C)cc1. The number of nitrogens with one attached hydrogen (secondary N) is 2. The highest BCUT2D eigenvalue weighted by Crippen LogP contribution is 2.27. The summed E-state index contributed by atoms with van der Waals surface area (Å²) in [6.07, 6.45) is 1.54. The van der Waals surface area contributed by atoms with Crippen molar-refractivity contribution >= 4 is 33.4 Å². The van der Waals surface area contributed by atoms with E-state index in [1.54, 1.807) is 4.57 Å². The first-order valence-corrected chi connectivity index (χ1v) is 8.25. The highest BCUT2D eigenvalue weighted by molar-refractivity contribution is 5.99. The van der Waals surface area contributed by atoms with Crippen LogP contribution in [0.1, 0.15) is 25.5 Å². The Morgan fingerprint density at radius 1 is 1.12 bits per heavy atom. The molecule has 4 rings (SSSR count). The molecule has 0 saturated heterocycles. The van der Waals surface area contributed by atoms with Gasteiger partial charge >= 0.3 is 5.69 Å². The van der Waals surface area contributed by atoms with Gasteiger partial charge in [0.1, 0.15) is 12.1 Å². The van der Waals surface area contributed by atoms with Crippen molar-refractivity contribution < 1.29 is 0 Å². The molecule has 25 heavy (non-hydrogen) atoms. The molecule has 0 fully saturated rings. The fourth-order valence-corrected chi connectivity index (χ4v) is 3.06. The van der Waals surface area contributed by atoms with Crippen LogP contribution in [-0.4, -0.2) is 19.5 Å². The van der Waals surface area contributed by atoms with E-state index in [4.69, 9.17) is 0 Å². The number of rotatable bonds is 3. The van der Waals surface area contributed by atoms with Crippen LogP contribution < -0.4 is 11.0 Å². The van der Waals surface area contributed by atoms with Crippen LogP contribution in [0, 0.1) is 6.92 Å². The summed E-state index contributed by atoms with van der Waals surface area (Å²) in [5.41, 5.74) is 4.48. The lowest BCUT2D eigenvalue weighted by Crippen LogP contribution is -2.18.